The number of piperidine rings is 1. The van der Waals surface area contributed by atoms with Crippen molar-refractivity contribution >= 4 is 32.7 Å². The third-order valence-electron chi connectivity index (χ3n) is 5.01. The van der Waals surface area contributed by atoms with Crippen LogP contribution in [0.5, 0.6) is 5.75 Å². The van der Waals surface area contributed by atoms with Crippen LogP contribution in [0.25, 0.3) is 21.6 Å². The van der Waals surface area contributed by atoms with Crippen molar-refractivity contribution < 1.29 is 9.53 Å². The number of fused-ring (bicyclic) bond motifs is 1. The van der Waals surface area contributed by atoms with Crippen molar-refractivity contribution in [2.24, 2.45) is 5.92 Å². The summed E-state index contributed by atoms with van der Waals surface area (Å²) in [7, 11) is 3.37. The number of amides is 1. The number of carbonyl (C=O) groups excluding carboxylic acids is 1. The van der Waals surface area contributed by atoms with Crippen LogP contribution in [0.2, 0.25) is 0 Å². The molecule has 3 heterocycles. The van der Waals surface area contributed by atoms with Gasteiger partial charge in [-0.2, -0.15) is 0 Å². The maximum atomic E-state index is 11.8. The molecule has 0 aliphatic carbocycles. The van der Waals surface area contributed by atoms with E-state index in [0.717, 1.165) is 58.4 Å². The van der Waals surface area contributed by atoms with Gasteiger partial charge in [0.1, 0.15) is 16.1 Å². The SMILES string of the molecule is CNC(=O)C1CCN(c2nc3ccc(-c4ccc(OC)cc4)nc3s2)CC1. The summed E-state index contributed by atoms with van der Waals surface area (Å²) >= 11 is 1.61. The highest BCUT2D eigenvalue weighted by Gasteiger charge is 2.25. The molecular weight excluding hydrogens is 360 g/mol. The van der Waals surface area contributed by atoms with Crippen LogP contribution in [0, 0.1) is 5.92 Å². The van der Waals surface area contributed by atoms with Crippen molar-refractivity contribution in [1.82, 2.24) is 15.3 Å². The fourth-order valence-electron chi connectivity index (χ4n) is 3.40. The lowest BCUT2D eigenvalue weighted by atomic mass is 9.96. The van der Waals surface area contributed by atoms with E-state index in [1.54, 1.807) is 25.5 Å². The van der Waals surface area contributed by atoms with E-state index in [9.17, 15) is 4.79 Å². The van der Waals surface area contributed by atoms with Crippen molar-refractivity contribution in [2.75, 3.05) is 32.1 Å². The van der Waals surface area contributed by atoms with E-state index >= 15 is 0 Å². The fourth-order valence-corrected chi connectivity index (χ4v) is 4.39. The minimum atomic E-state index is 0.112. The number of hydrogen-bond donors (Lipinski definition) is 1. The second-order valence-electron chi connectivity index (χ2n) is 6.62. The van der Waals surface area contributed by atoms with E-state index < -0.39 is 0 Å². The molecule has 2 aromatic heterocycles. The largest absolute Gasteiger partial charge is 0.497 e. The van der Waals surface area contributed by atoms with Gasteiger partial charge in [0.2, 0.25) is 5.91 Å². The van der Waals surface area contributed by atoms with Crippen molar-refractivity contribution in [2.45, 2.75) is 12.8 Å². The van der Waals surface area contributed by atoms with Crippen molar-refractivity contribution in [3.63, 3.8) is 0 Å². The van der Waals surface area contributed by atoms with Gasteiger partial charge in [-0.05, 0) is 49.2 Å². The van der Waals surface area contributed by atoms with Crippen molar-refractivity contribution in [3.8, 4) is 17.0 Å². The summed E-state index contributed by atoms with van der Waals surface area (Å²) in [5.74, 6) is 1.09. The summed E-state index contributed by atoms with van der Waals surface area (Å²) in [6.07, 6.45) is 1.72. The molecule has 140 valence electrons. The summed E-state index contributed by atoms with van der Waals surface area (Å²) in [4.78, 5) is 24.5. The first-order chi connectivity index (χ1) is 13.2. The molecule has 0 saturated carbocycles. The van der Waals surface area contributed by atoms with Gasteiger partial charge in [0, 0.05) is 31.6 Å². The van der Waals surface area contributed by atoms with Gasteiger partial charge in [-0.3, -0.25) is 4.79 Å². The van der Waals surface area contributed by atoms with E-state index in [1.165, 1.54) is 0 Å². The number of nitrogens with zero attached hydrogens (tertiary/aromatic N) is 3. The molecule has 1 saturated heterocycles. The van der Waals surface area contributed by atoms with Crippen LogP contribution in [0.15, 0.2) is 36.4 Å². The molecule has 6 nitrogen and oxygen atoms in total. The van der Waals surface area contributed by atoms with Gasteiger partial charge in [-0.25, -0.2) is 9.97 Å². The highest BCUT2D eigenvalue weighted by Crippen LogP contribution is 2.32. The Morgan fingerprint density at radius 2 is 1.89 bits per heavy atom. The molecular formula is C20H22N4O2S. The number of ether oxygens (including phenoxy) is 1. The van der Waals surface area contributed by atoms with Gasteiger partial charge in [0.15, 0.2) is 5.13 Å². The molecule has 0 bridgehead atoms. The summed E-state index contributed by atoms with van der Waals surface area (Å²) in [5.41, 5.74) is 2.90. The van der Waals surface area contributed by atoms with Crippen LogP contribution in [-0.4, -0.2) is 43.1 Å². The molecule has 0 spiro atoms. The topological polar surface area (TPSA) is 67.4 Å². The Bertz CT molecular complexity index is 946. The van der Waals surface area contributed by atoms with Crippen LogP contribution in [0.3, 0.4) is 0 Å². The molecule has 1 N–H and O–H groups in total. The van der Waals surface area contributed by atoms with Crippen LogP contribution < -0.4 is 15.0 Å². The monoisotopic (exact) mass is 382 g/mol. The Kier molecular flexibility index (Phi) is 4.94. The summed E-state index contributed by atoms with van der Waals surface area (Å²) in [5, 5.41) is 3.74. The lowest BCUT2D eigenvalue weighted by molar-refractivity contribution is -0.125. The molecule has 1 aliphatic rings. The van der Waals surface area contributed by atoms with Gasteiger partial charge in [-0.15, -0.1) is 0 Å². The van der Waals surface area contributed by atoms with Crippen LogP contribution >= 0.6 is 11.3 Å². The third kappa shape index (κ3) is 3.60. The minimum absolute atomic E-state index is 0.112. The highest BCUT2D eigenvalue weighted by molar-refractivity contribution is 7.21. The predicted molar refractivity (Wildman–Crippen MR) is 108 cm³/mol. The first-order valence-electron chi connectivity index (χ1n) is 9.06. The Morgan fingerprint density at radius 3 is 2.56 bits per heavy atom. The maximum Gasteiger partial charge on any atom is 0.222 e. The fraction of sp³-hybridized carbons (Fsp3) is 0.350. The first kappa shape index (κ1) is 17.7. The number of nitrogens with one attached hydrogen (secondary N) is 1. The Labute approximate surface area is 162 Å². The van der Waals surface area contributed by atoms with Gasteiger partial charge in [0.25, 0.3) is 0 Å². The highest BCUT2D eigenvalue weighted by atomic mass is 32.1. The zero-order valence-electron chi connectivity index (χ0n) is 15.4. The zero-order valence-corrected chi connectivity index (χ0v) is 16.3. The summed E-state index contributed by atoms with van der Waals surface area (Å²) in [6, 6.07) is 11.9. The lowest BCUT2D eigenvalue weighted by Crippen LogP contribution is -2.39. The average molecular weight is 382 g/mol. The van der Waals surface area contributed by atoms with Crippen LogP contribution in [0.1, 0.15) is 12.8 Å². The molecule has 0 unspecified atom stereocenters. The molecule has 7 heteroatoms. The molecule has 4 rings (SSSR count). The number of aromatic nitrogens is 2. The maximum absolute atomic E-state index is 11.8. The Morgan fingerprint density at radius 1 is 1.15 bits per heavy atom. The van der Waals surface area contributed by atoms with Gasteiger partial charge < -0.3 is 15.0 Å². The van der Waals surface area contributed by atoms with Gasteiger partial charge in [0.05, 0.1) is 12.8 Å². The Hall–Kier alpha value is -2.67. The number of methoxy groups -OCH3 is 1. The molecule has 1 aliphatic heterocycles. The third-order valence-corrected chi connectivity index (χ3v) is 6.04. The van der Waals surface area contributed by atoms with Crippen molar-refractivity contribution in [3.05, 3.63) is 36.4 Å². The normalized spacial score (nSPS) is 15.1. The minimum Gasteiger partial charge on any atom is -0.497 e. The Balaban J connectivity index is 1.53. The van der Waals surface area contributed by atoms with Crippen LogP contribution in [0.4, 0.5) is 5.13 Å². The second kappa shape index (κ2) is 7.52. The van der Waals surface area contributed by atoms with Gasteiger partial charge >= 0.3 is 0 Å². The molecule has 0 radical (unpaired) electrons. The summed E-state index contributed by atoms with van der Waals surface area (Å²) in [6.45, 7) is 1.70. The number of thiazole rings is 1. The zero-order chi connectivity index (χ0) is 18.8. The lowest BCUT2D eigenvalue weighted by Gasteiger charge is -2.30. The second-order valence-corrected chi connectivity index (χ2v) is 7.58. The number of carbonyl (C=O) groups is 1. The smallest absolute Gasteiger partial charge is 0.222 e. The van der Waals surface area contributed by atoms with Crippen LogP contribution in [-0.2, 0) is 4.79 Å². The van der Waals surface area contributed by atoms with E-state index in [4.69, 9.17) is 14.7 Å². The van der Waals surface area contributed by atoms with E-state index in [-0.39, 0.29) is 11.8 Å². The molecule has 3 aromatic rings. The molecule has 1 fully saturated rings. The first-order valence-corrected chi connectivity index (χ1v) is 9.88. The van der Waals surface area contributed by atoms with E-state index in [0.29, 0.717) is 0 Å². The molecule has 1 aromatic carbocycles. The summed E-state index contributed by atoms with van der Waals surface area (Å²) < 4.78 is 5.22. The number of benzene rings is 1. The number of pyridine rings is 1. The molecule has 0 atom stereocenters. The van der Waals surface area contributed by atoms with E-state index in [2.05, 4.69) is 10.2 Å². The predicted octanol–water partition coefficient (Wildman–Crippen LogP) is 3.33. The van der Waals surface area contributed by atoms with Gasteiger partial charge in [-0.1, -0.05) is 11.3 Å². The molecule has 1 amide bonds. The quantitative estimate of drug-likeness (QED) is 0.750. The average Bonchev–Trinajstić information content (AvgIpc) is 3.16. The number of anilines is 1. The number of hydrogen-bond acceptors (Lipinski definition) is 6. The van der Waals surface area contributed by atoms with Crippen molar-refractivity contribution in [1.29, 1.82) is 0 Å². The molecule has 27 heavy (non-hydrogen) atoms. The van der Waals surface area contributed by atoms with E-state index in [1.807, 2.05) is 36.4 Å². The standard InChI is InChI=1S/C20H22N4O2S/c1-21-18(25)14-9-11-24(12-10-14)20-23-17-8-7-16(22-19(17)27-20)13-3-5-15(26-2)6-4-13/h3-8,14H,9-12H2,1-2H3,(H,21,25). The number of rotatable bonds is 4.